The van der Waals surface area contributed by atoms with Crippen molar-refractivity contribution < 1.29 is 0 Å². The van der Waals surface area contributed by atoms with Crippen LogP contribution >= 0.6 is 0 Å². The van der Waals surface area contributed by atoms with Crippen molar-refractivity contribution in [1.29, 1.82) is 0 Å². The maximum Gasteiger partial charge on any atom is 0.131 e. The lowest BCUT2D eigenvalue weighted by atomic mass is 10.2. The zero-order chi connectivity index (χ0) is 6.81. The van der Waals surface area contributed by atoms with Gasteiger partial charge in [0, 0.05) is 19.3 Å². The number of anilines is 1. The fourth-order valence-corrected chi connectivity index (χ4v) is 1.02. The largest absolute Gasteiger partial charge is 0.356 e. The van der Waals surface area contributed by atoms with Gasteiger partial charge in [0.1, 0.15) is 12.1 Å². The van der Waals surface area contributed by atoms with Crippen molar-refractivity contribution >= 4 is 5.82 Å². The van der Waals surface area contributed by atoms with Gasteiger partial charge in [0.25, 0.3) is 0 Å². The van der Waals surface area contributed by atoms with Gasteiger partial charge in [0.15, 0.2) is 0 Å². The summed E-state index contributed by atoms with van der Waals surface area (Å²) < 4.78 is 0. The first-order valence-corrected chi connectivity index (χ1v) is 3.48. The van der Waals surface area contributed by atoms with Crippen LogP contribution in [0.1, 0.15) is 6.42 Å². The smallest absolute Gasteiger partial charge is 0.131 e. The van der Waals surface area contributed by atoms with E-state index in [1.54, 1.807) is 12.5 Å². The third-order valence-corrected chi connectivity index (χ3v) is 1.75. The second-order valence-corrected chi connectivity index (χ2v) is 2.41. The second-order valence-electron chi connectivity index (χ2n) is 2.41. The fraction of sp³-hybridized carbons (Fsp3) is 0.429. The van der Waals surface area contributed by atoms with Crippen molar-refractivity contribution in [2.24, 2.45) is 0 Å². The number of rotatable bonds is 1. The summed E-state index contributed by atoms with van der Waals surface area (Å²) in [5.74, 6) is 1.06. The Kier molecular flexibility index (Phi) is 1.27. The summed E-state index contributed by atoms with van der Waals surface area (Å²) in [6.07, 6.45) is 4.66. The van der Waals surface area contributed by atoms with Gasteiger partial charge in [-0.15, -0.1) is 0 Å². The van der Waals surface area contributed by atoms with Crippen LogP contribution in [0.3, 0.4) is 0 Å². The molecule has 0 spiro atoms. The Morgan fingerprint density at radius 2 is 2.30 bits per heavy atom. The Labute approximate surface area is 59.7 Å². The van der Waals surface area contributed by atoms with Crippen LogP contribution in [0, 0.1) is 0 Å². The minimum absolute atomic E-state index is 1.06. The SMILES string of the molecule is c1cc(N2CCC2)ncn1. The molecule has 0 amide bonds. The highest BCUT2D eigenvalue weighted by Gasteiger charge is 2.14. The predicted molar refractivity (Wildman–Crippen MR) is 38.9 cm³/mol. The molecule has 0 atom stereocenters. The second kappa shape index (κ2) is 2.25. The minimum atomic E-state index is 1.06. The van der Waals surface area contributed by atoms with Gasteiger partial charge < -0.3 is 4.90 Å². The molecule has 1 aromatic rings. The van der Waals surface area contributed by atoms with Crippen molar-refractivity contribution in [3.8, 4) is 0 Å². The van der Waals surface area contributed by atoms with Gasteiger partial charge >= 0.3 is 0 Å². The average molecular weight is 135 g/mol. The summed E-state index contributed by atoms with van der Waals surface area (Å²) in [5.41, 5.74) is 0. The van der Waals surface area contributed by atoms with Gasteiger partial charge in [-0.3, -0.25) is 0 Å². The standard InChI is InChI=1S/C7H9N3/c1-4-10(5-1)7-2-3-8-6-9-7/h2-3,6H,1,4-5H2. The van der Waals surface area contributed by atoms with Crippen molar-refractivity contribution in [3.63, 3.8) is 0 Å². The molecule has 10 heavy (non-hydrogen) atoms. The Morgan fingerprint density at radius 1 is 1.40 bits per heavy atom. The monoisotopic (exact) mass is 135 g/mol. The summed E-state index contributed by atoms with van der Waals surface area (Å²) in [5, 5.41) is 0. The maximum atomic E-state index is 4.12. The normalized spacial score (nSPS) is 16.6. The number of nitrogens with zero attached hydrogens (tertiary/aromatic N) is 3. The van der Waals surface area contributed by atoms with Gasteiger partial charge in [-0.05, 0) is 12.5 Å². The lowest BCUT2D eigenvalue weighted by Crippen LogP contribution is -2.37. The number of hydrogen-bond acceptors (Lipinski definition) is 3. The van der Waals surface area contributed by atoms with Gasteiger partial charge in [0.2, 0.25) is 0 Å². The molecule has 3 heteroatoms. The summed E-state index contributed by atoms with van der Waals surface area (Å²) in [4.78, 5) is 10.2. The van der Waals surface area contributed by atoms with Crippen LogP contribution in [0.15, 0.2) is 18.6 Å². The van der Waals surface area contributed by atoms with Crippen LogP contribution in [-0.2, 0) is 0 Å². The molecule has 0 saturated carbocycles. The molecule has 0 aromatic carbocycles. The number of hydrogen-bond donors (Lipinski definition) is 0. The zero-order valence-electron chi connectivity index (χ0n) is 5.70. The predicted octanol–water partition coefficient (Wildman–Crippen LogP) is 0.687. The van der Waals surface area contributed by atoms with E-state index in [0.717, 1.165) is 18.9 Å². The molecule has 1 aliphatic rings. The molecule has 0 N–H and O–H groups in total. The molecule has 2 rings (SSSR count). The van der Waals surface area contributed by atoms with E-state index >= 15 is 0 Å². The molecule has 1 aromatic heterocycles. The Morgan fingerprint density at radius 3 is 2.80 bits per heavy atom. The zero-order valence-corrected chi connectivity index (χ0v) is 5.70. The Balaban J connectivity index is 2.18. The van der Waals surface area contributed by atoms with Crippen LogP contribution in [0.4, 0.5) is 5.82 Å². The summed E-state index contributed by atoms with van der Waals surface area (Å²) in [7, 11) is 0. The molecule has 2 heterocycles. The van der Waals surface area contributed by atoms with Gasteiger partial charge in [-0.2, -0.15) is 0 Å². The maximum absolute atomic E-state index is 4.12. The first-order chi connectivity index (χ1) is 4.97. The van der Waals surface area contributed by atoms with E-state index in [0.29, 0.717) is 0 Å². The van der Waals surface area contributed by atoms with E-state index in [4.69, 9.17) is 0 Å². The molecule has 0 radical (unpaired) electrons. The van der Waals surface area contributed by atoms with Gasteiger partial charge in [-0.1, -0.05) is 0 Å². The molecular weight excluding hydrogens is 126 g/mol. The molecule has 0 unspecified atom stereocenters. The van der Waals surface area contributed by atoms with Crippen molar-refractivity contribution in [2.45, 2.75) is 6.42 Å². The highest BCUT2D eigenvalue weighted by atomic mass is 15.2. The van der Waals surface area contributed by atoms with E-state index in [-0.39, 0.29) is 0 Å². The Bertz CT molecular complexity index is 205. The molecule has 0 bridgehead atoms. The van der Waals surface area contributed by atoms with Crippen molar-refractivity contribution in [3.05, 3.63) is 18.6 Å². The van der Waals surface area contributed by atoms with Gasteiger partial charge in [0.05, 0.1) is 0 Å². The molecule has 52 valence electrons. The quantitative estimate of drug-likeness (QED) is 0.567. The highest BCUT2D eigenvalue weighted by molar-refractivity contribution is 5.38. The minimum Gasteiger partial charge on any atom is -0.356 e. The first kappa shape index (κ1) is 5.65. The van der Waals surface area contributed by atoms with Crippen molar-refractivity contribution in [1.82, 2.24) is 9.97 Å². The molecule has 0 aliphatic carbocycles. The number of aromatic nitrogens is 2. The molecule has 1 saturated heterocycles. The van der Waals surface area contributed by atoms with E-state index in [9.17, 15) is 0 Å². The van der Waals surface area contributed by atoms with Crippen LogP contribution in [0.2, 0.25) is 0 Å². The molecule has 1 aliphatic heterocycles. The molecular formula is C7H9N3. The van der Waals surface area contributed by atoms with E-state index in [1.807, 2.05) is 6.07 Å². The first-order valence-electron chi connectivity index (χ1n) is 3.48. The summed E-state index contributed by atoms with van der Waals surface area (Å²) in [6.45, 7) is 2.30. The van der Waals surface area contributed by atoms with Crippen LogP contribution in [0.25, 0.3) is 0 Å². The third-order valence-electron chi connectivity index (χ3n) is 1.75. The van der Waals surface area contributed by atoms with E-state index < -0.39 is 0 Å². The summed E-state index contributed by atoms with van der Waals surface area (Å²) >= 11 is 0. The fourth-order valence-electron chi connectivity index (χ4n) is 1.02. The van der Waals surface area contributed by atoms with E-state index in [2.05, 4.69) is 14.9 Å². The lowest BCUT2D eigenvalue weighted by molar-refractivity contribution is 0.609. The van der Waals surface area contributed by atoms with Crippen molar-refractivity contribution in [2.75, 3.05) is 18.0 Å². The Hall–Kier alpha value is -1.12. The highest BCUT2D eigenvalue weighted by Crippen LogP contribution is 2.15. The van der Waals surface area contributed by atoms with Crippen LogP contribution in [-0.4, -0.2) is 23.1 Å². The van der Waals surface area contributed by atoms with Crippen LogP contribution < -0.4 is 4.90 Å². The third kappa shape index (κ3) is 0.835. The van der Waals surface area contributed by atoms with Crippen LogP contribution in [0.5, 0.6) is 0 Å². The lowest BCUT2D eigenvalue weighted by Gasteiger charge is -2.31. The molecule has 3 nitrogen and oxygen atoms in total. The average Bonchev–Trinajstić information content (AvgIpc) is 1.86. The molecule has 1 fully saturated rings. The van der Waals surface area contributed by atoms with Gasteiger partial charge in [-0.25, -0.2) is 9.97 Å². The topological polar surface area (TPSA) is 29.0 Å². The summed E-state index contributed by atoms with van der Waals surface area (Å²) in [6, 6.07) is 1.94. The van der Waals surface area contributed by atoms with E-state index in [1.165, 1.54) is 6.42 Å².